The fraction of sp³-hybridized carbons (Fsp3) is 0.185. The molecule has 1 aromatic heterocycles. The number of methoxy groups -OCH3 is 1. The molecule has 0 bridgehead atoms. The number of thiazole rings is 1. The maximum absolute atomic E-state index is 13.3. The van der Waals surface area contributed by atoms with Crippen LogP contribution in [0.2, 0.25) is 0 Å². The van der Waals surface area contributed by atoms with E-state index in [9.17, 15) is 9.18 Å². The third kappa shape index (κ3) is 4.58. The number of carbonyl (C=O) groups excluding carboxylic acids is 1. The summed E-state index contributed by atoms with van der Waals surface area (Å²) in [6.45, 7) is 1.48. The molecule has 1 saturated heterocycles. The minimum atomic E-state index is -0.624. The summed E-state index contributed by atoms with van der Waals surface area (Å²) >= 11 is 1.60. The van der Waals surface area contributed by atoms with Gasteiger partial charge in [0.15, 0.2) is 11.2 Å². The van der Waals surface area contributed by atoms with Crippen LogP contribution in [0.3, 0.4) is 0 Å². The lowest BCUT2D eigenvalue weighted by atomic mass is 10.0. The summed E-state index contributed by atoms with van der Waals surface area (Å²) in [6, 6.07) is 24.8. The normalized spacial score (nSPS) is 15.8. The molecule has 0 aliphatic carbocycles. The number of hydrogen-bond donors (Lipinski definition) is 0. The van der Waals surface area contributed by atoms with Crippen molar-refractivity contribution in [1.29, 1.82) is 0 Å². The van der Waals surface area contributed by atoms with Gasteiger partial charge < -0.3 is 14.4 Å². The first-order valence-corrected chi connectivity index (χ1v) is 11.8. The van der Waals surface area contributed by atoms with E-state index in [1.165, 1.54) is 19.2 Å². The number of rotatable bonds is 5. The van der Waals surface area contributed by atoms with Crippen LogP contribution < -0.4 is 4.90 Å². The Morgan fingerprint density at radius 2 is 1.62 bits per heavy atom. The minimum Gasteiger partial charge on any atom is -0.467 e. The van der Waals surface area contributed by atoms with Crippen LogP contribution in [0.25, 0.3) is 32.8 Å². The molecule has 0 N–H and O–H groups in total. The van der Waals surface area contributed by atoms with Gasteiger partial charge in [-0.3, -0.25) is 0 Å². The second-order valence-electron chi connectivity index (χ2n) is 7.95. The predicted molar refractivity (Wildman–Crippen MR) is 132 cm³/mol. The van der Waals surface area contributed by atoms with E-state index in [0.717, 1.165) is 38.0 Å². The van der Waals surface area contributed by atoms with Crippen LogP contribution in [0.5, 0.6) is 0 Å². The van der Waals surface area contributed by atoms with Gasteiger partial charge in [0, 0.05) is 12.1 Å². The number of anilines is 1. The molecule has 1 fully saturated rings. The van der Waals surface area contributed by atoms with E-state index in [1.54, 1.807) is 23.5 Å². The summed E-state index contributed by atoms with van der Waals surface area (Å²) in [5, 5.41) is 0.841. The Hall–Kier alpha value is -3.55. The first-order chi connectivity index (χ1) is 16.6. The first-order valence-electron chi connectivity index (χ1n) is 11.0. The summed E-state index contributed by atoms with van der Waals surface area (Å²) in [7, 11) is 1.37. The van der Waals surface area contributed by atoms with Crippen molar-refractivity contribution in [2.24, 2.45) is 0 Å². The molecule has 5 nitrogen and oxygen atoms in total. The number of carbonyl (C=O) groups is 1. The number of halogens is 1. The highest BCUT2D eigenvalue weighted by molar-refractivity contribution is 7.19. The van der Waals surface area contributed by atoms with Crippen molar-refractivity contribution in [2.45, 2.75) is 6.10 Å². The number of aromatic nitrogens is 1. The molecule has 3 aromatic carbocycles. The molecular formula is C27H23FN2O3S. The van der Waals surface area contributed by atoms with Gasteiger partial charge in [0.25, 0.3) is 0 Å². The van der Waals surface area contributed by atoms with Crippen molar-refractivity contribution in [2.75, 3.05) is 31.7 Å². The van der Waals surface area contributed by atoms with E-state index in [4.69, 9.17) is 14.5 Å². The molecule has 4 aromatic rings. The second-order valence-corrected chi connectivity index (χ2v) is 8.93. The Bertz CT molecular complexity index is 1270. The summed E-state index contributed by atoms with van der Waals surface area (Å²) < 4.78 is 23.8. The number of ether oxygens (including phenoxy) is 2. The lowest BCUT2D eigenvalue weighted by Crippen LogP contribution is -2.46. The molecule has 0 spiro atoms. The quantitative estimate of drug-likeness (QED) is 0.349. The number of esters is 1. The molecule has 172 valence electrons. The second kappa shape index (κ2) is 9.75. The Kier molecular flexibility index (Phi) is 6.38. The summed E-state index contributed by atoms with van der Waals surface area (Å²) in [5.74, 6) is -0.622. The van der Waals surface area contributed by atoms with E-state index < -0.39 is 6.10 Å². The van der Waals surface area contributed by atoms with Crippen LogP contribution in [-0.4, -0.2) is 43.9 Å². The Morgan fingerprint density at radius 3 is 2.29 bits per heavy atom. The zero-order valence-electron chi connectivity index (χ0n) is 18.6. The van der Waals surface area contributed by atoms with E-state index in [2.05, 4.69) is 17.0 Å². The summed E-state index contributed by atoms with van der Waals surface area (Å²) in [5.41, 5.74) is 4.95. The molecule has 1 aliphatic heterocycles. The van der Waals surface area contributed by atoms with Crippen molar-refractivity contribution in [3.8, 4) is 32.8 Å². The van der Waals surface area contributed by atoms with Crippen LogP contribution in [0.4, 0.5) is 9.52 Å². The van der Waals surface area contributed by atoms with Gasteiger partial charge >= 0.3 is 5.97 Å². The summed E-state index contributed by atoms with van der Waals surface area (Å²) in [4.78, 5) is 20.1. The molecule has 0 saturated carbocycles. The Balaban J connectivity index is 1.50. The third-order valence-electron chi connectivity index (χ3n) is 5.79. The zero-order chi connectivity index (χ0) is 23.5. The highest BCUT2D eigenvalue weighted by Gasteiger charge is 2.30. The topological polar surface area (TPSA) is 51.7 Å². The SMILES string of the molecule is COC(=O)C1CN(c2nc(-c3ccccc3)c(-c3ccc(-c4ccc(F)cc4)cc3)s2)CCO1. The number of morpholine rings is 1. The lowest BCUT2D eigenvalue weighted by Gasteiger charge is -2.31. The van der Waals surface area contributed by atoms with Crippen LogP contribution in [0.15, 0.2) is 78.9 Å². The Labute approximate surface area is 201 Å². The largest absolute Gasteiger partial charge is 0.467 e. The molecule has 5 rings (SSSR count). The Morgan fingerprint density at radius 1 is 0.971 bits per heavy atom. The fourth-order valence-electron chi connectivity index (χ4n) is 3.98. The third-order valence-corrected chi connectivity index (χ3v) is 6.95. The van der Waals surface area contributed by atoms with E-state index in [1.807, 2.05) is 42.5 Å². The average molecular weight is 475 g/mol. The molecule has 7 heteroatoms. The van der Waals surface area contributed by atoms with Gasteiger partial charge in [-0.15, -0.1) is 0 Å². The number of hydrogen-bond acceptors (Lipinski definition) is 6. The van der Waals surface area contributed by atoms with Crippen molar-refractivity contribution < 1.29 is 18.7 Å². The van der Waals surface area contributed by atoms with Crippen molar-refractivity contribution in [1.82, 2.24) is 4.98 Å². The van der Waals surface area contributed by atoms with Crippen molar-refractivity contribution >= 4 is 22.4 Å². The van der Waals surface area contributed by atoms with E-state index in [0.29, 0.717) is 19.7 Å². The maximum atomic E-state index is 13.3. The minimum absolute atomic E-state index is 0.248. The van der Waals surface area contributed by atoms with Gasteiger partial charge in [-0.25, -0.2) is 14.2 Å². The molecular weight excluding hydrogens is 451 g/mol. The fourth-order valence-corrected chi connectivity index (χ4v) is 5.11. The van der Waals surface area contributed by atoms with Crippen molar-refractivity contribution in [3.05, 3.63) is 84.7 Å². The predicted octanol–water partition coefficient (Wildman–Crippen LogP) is 5.66. The standard InChI is InChI=1S/C27H23FN2O3S/c1-32-26(31)23-17-30(15-16-33-23)27-29-24(20-5-3-2-4-6-20)25(34-27)21-9-7-18(8-10-21)19-11-13-22(28)14-12-19/h2-14,23H,15-17H2,1H3. The first kappa shape index (κ1) is 22.3. The number of benzene rings is 3. The van der Waals surface area contributed by atoms with Gasteiger partial charge in [0.1, 0.15) is 5.82 Å². The molecule has 1 unspecified atom stereocenters. The molecule has 34 heavy (non-hydrogen) atoms. The monoisotopic (exact) mass is 474 g/mol. The van der Waals surface area contributed by atoms with Gasteiger partial charge in [0.05, 0.1) is 30.8 Å². The number of nitrogens with zero attached hydrogens (tertiary/aromatic N) is 2. The van der Waals surface area contributed by atoms with E-state index >= 15 is 0 Å². The maximum Gasteiger partial charge on any atom is 0.336 e. The highest BCUT2D eigenvalue weighted by atomic mass is 32.1. The van der Waals surface area contributed by atoms with Gasteiger partial charge in [0.2, 0.25) is 0 Å². The average Bonchev–Trinajstić information content (AvgIpc) is 3.35. The lowest BCUT2D eigenvalue weighted by molar-refractivity contribution is -0.154. The van der Waals surface area contributed by atoms with Crippen LogP contribution in [0, 0.1) is 5.82 Å². The van der Waals surface area contributed by atoms with Gasteiger partial charge in [-0.05, 0) is 28.8 Å². The van der Waals surface area contributed by atoms with Crippen LogP contribution in [-0.2, 0) is 14.3 Å². The van der Waals surface area contributed by atoms with E-state index in [-0.39, 0.29) is 11.8 Å². The van der Waals surface area contributed by atoms with Crippen LogP contribution in [0.1, 0.15) is 0 Å². The molecule has 1 atom stereocenters. The van der Waals surface area contributed by atoms with Crippen LogP contribution >= 0.6 is 11.3 Å². The highest BCUT2D eigenvalue weighted by Crippen LogP contribution is 2.41. The molecule has 0 radical (unpaired) electrons. The van der Waals surface area contributed by atoms with Gasteiger partial charge in [-0.2, -0.15) is 0 Å². The zero-order valence-corrected chi connectivity index (χ0v) is 19.4. The molecule has 1 aliphatic rings. The summed E-state index contributed by atoms with van der Waals surface area (Å²) in [6.07, 6.45) is -0.624. The smallest absolute Gasteiger partial charge is 0.336 e. The van der Waals surface area contributed by atoms with Gasteiger partial charge in [-0.1, -0.05) is 78.1 Å². The molecule has 2 heterocycles. The van der Waals surface area contributed by atoms with Crippen molar-refractivity contribution in [3.63, 3.8) is 0 Å². The molecule has 0 amide bonds.